The topological polar surface area (TPSA) is 83.5 Å². The number of carbonyl (C=O) groups excluding carboxylic acids is 3. The number of rotatable bonds is 4. The van der Waals surface area contributed by atoms with Gasteiger partial charge in [-0.15, -0.1) is 0 Å². The van der Waals surface area contributed by atoms with E-state index in [1.165, 1.54) is 13.0 Å². The van der Waals surface area contributed by atoms with Crippen molar-refractivity contribution in [3.63, 3.8) is 0 Å². The SMILES string of the molecule is CC(=O)CNC(=O)C1=C(O)c2cc(Cl)ccc2[C@@](C)(c2ccc(Cl)cc2)C1=O. The zero-order chi connectivity index (χ0) is 20.6. The van der Waals surface area contributed by atoms with Gasteiger partial charge in [0.15, 0.2) is 5.78 Å². The molecule has 7 heteroatoms. The van der Waals surface area contributed by atoms with Gasteiger partial charge in [0, 0.05) is 15.6 Å². The maximum atomic E-state index is 13.4. The summed E-state index contributed by atoms with van der Waals surface area (Å²) >= 11 is 12.1. The van der Waals surface area contributed by atoms with Gasteiger partial charge in [0.2, 0.25) is 0 Å². The third kappa shape index (κ3) is 3.32. The number of hydrogen-bond acceptors (Lipinski definition) is 4. The molecule has 0 radical (unpaired) electrons. The van der Waals surface area contributed by atoms with Gasteiger partial charge in [-0.05, 0) is 49.2 Å². The monoisotopic (exact) mass is 417 g/mol. The molecule has 2 aromatic carbocycles. The van der Waals surface area contributed by atoms with Gasteiger partial charge < -0.3 is 10.4 Å². The third-order valence-corrected chi connectivity index (χ3v) is 5.33. The van der Waals surface area contributed by atoms with Gasteiger partial charge in [-0.2, -0.15) is 0 Å². The van der Waals surface area contributed by atoms with Crippen molar-refractivity contribution in [3.05, 3.63) is 74.8 Å². The van der Waals surface area contributed by atoms with Crippen molar-refractivity contribution in [1.82, 2.24) is 5.32 Å². The number of hydrogen-bond donors (Lipinski definition) is 2. The Morgan fingerprint density at radius 3 is 2.29 bits per heavy atom. The summed E-state index contributed by atoms with van der Waals surface area (Å²) in [5.41, 5.74) is -0.245. The van der Waals surface area contributed by atoms with Crippen LogP contribution in [-0.2, 0) is 19.8 Å². The highest BCUT2D eigenvalue weighted by Crippen LogP contribution is 2.44. The molecule has 3 rings (SSSR count). The van der Waals surface area contributed by atoms with Crippen LogP contribution in [-0.4, -0.2) is 29.1 Å². The number of amides is 1. The van der Waals surface area contributed by atoms with Crippen molar-refractivity contribution in [1.29, 1.82) is 0 Å². The highest BCUT2D eigenvalue weighted by molar-refractivity contribution is 6.32. The van der Waals surface area contributed by atoms with Crippen LogP contribution in [0.15, 0.2) is 48.0 Å². The summed E-state index contributed by atoms with van der Waals surface area (Å²) in [6.45, 7) is 2.74. The lowest BCUT2D eigenvalue weighted by atomic mass is 9.66. The highest BCUT2D eigenvalue weighted by atomic mass is 35.5. The second kappa shape index (κ2) is 7.41. The van der Waals surface area contributed by atoms with Gasteiger partial charge in [0.25, 0.3) is 5.91 Å². The number of aliphatic hydroxyl groups is 1. The zero-order valence-electron chi connectivity index (χ0n) is 15.2. The molecule has 144 valence electrons. The summed E-state index contributed by atoms with van der Waals surface area (Å²) in [5, 5.41) is 13.9. The Morgan fingerprint density at radius 1 is 1.07 bits per heavy atom. The number of halogens is 2. The molecule has 0 heterocycles. The molecule has 1 aliphatic carbocycles. The van der Waals surface area contributed by atoms with Gasteiger partial charge in [-0.25, -0.2) is 0 Å². The van der Waals surface area contributed by atoms with E-state index in [4.69, 9.17) is 23.2 Å². The zero-order valence-corrected chi connectivity index (χ0v) is 16.7. The van der Waals surface area contributed by atoms with E-state index in [9.17, 15) is 19.5 Å². The maximum Gasteiger partial charge on any atom is 0.259 e. The average molecular weight is 418 g/mol. The Morgan fingerprint density at radius 2 is 1.68 bits per heavy atom. The molecule has 0 aliphatic heterocycles. The summed E-state index contributed by atoms with van der Waals surface area (Å²) in [5.74, 6) is -2.14. The Kier molecular flexibility index (Phi) is 5.33. The second-order valence-electron chi connectivity index (χ2n) is 6.76. The van der Waals surface area contributed by atoms with Gasteiger partial charge in [0.05, 0.1) is 12.0 Å². The van der Waals surface area contributed by atoms with E-state index in [1.54, 1.807) is 43.3 Å². The number of carbonyl (C=O) groups is 3. The van der Waals surface area contributed by atoms with E-state index in [2.05, 4.69) is 5.32 Å². The van der Waals surface area contributed by atoms with Gasteiger partial charge in [-0.3, -0.25) is 14.4 Å². The van der Waals surface area contributed by atoms with E-state index in [0.717, 1.165) is 0 Å². The van der Waals surface area contributed by atoms with E-state index < -0.39 is 28.4 Å². The fourth-order valence-corrected chi connectivity index (χ4v) is 3.63. The van der Waals surface area contributed by atoms with Crippen molar-refractivity contribution in [3.8, 4) is 0 Å². The third-order valence-electron chi connectivity index (χ3n) is 4.84. The van der Waals surface area contributed by atoms with E-state index in [1.807, 2.05) is 0 Å². The molecule has 0 aromatic heterocycles. The van der Waals surface area contributed by atoms with Crippen molar-refractivity contribution in [2.24, 2.45) is 0 Å². The van der Waals surface area contributed by atoms with Crippen LogP contribution in [0.1, 0.15) is 30.5 Å². The molecule has 0 unspecified atom stereocenters. The quantitative estimate of drug-likeness (QED) is 0.739. The number of aliphatic hydroxyl groups excluding tert-OH is 1. The van der Waals surface area contributed by atoms with Crippen LogP contribution >= 0.6 is 23.2 Å². The van der Waals surface area contributed by atoms with Crippen LogP contribution in [0.3, 0.4) is 0 Å². The molecular weight excluding hydrogens is 401 g/mol. The predicted octanol–water partition coefficient (Wildman–Crippen LogP) is 3.86. The molecule has 2 aromatic rings. The standard InChI is InChI=1S/C21H17Cl2NO4/c1-11(25)10-24-20(28)17-18(26)15-9-14(23)7-8-16(15)21(2,19(17)27)12-3-5-13(22)6-4-12/h3-9,26H,10H2,1-2H3,(H,24,28)/t21-/m1/s1. The first-order valence-electron chi connectivity index (χ1n) is 8.48. The molecule has 28 heavy (non-hydrogen) atoms. The number of nitrogens with one attached hydrogen (secondary N) is 1. The molecule has 2 N–H and O–H groups in total. The molecule has 1 amide bonds. The molecule has 0 saturated heterocycles. The summed E-state index contributed by atoms with van der Waals surface area (Å²) < 4.78 is 0. The van der Waals surface area contributed by atoms with Crippen LogP contribution in [0.2, 0.25) is 10.0 Å². The molecule has 1 aliphatic rings. The van der Waals surface area contributed by atoms with Crippen LogP contribution in [0.4, 0.5) is 0 Å². The molecule has 1 atom stereocenters. The minimum Gasteiger partial charge on any atom is -0.506 e. The lowest BCUT2D eigenvalue weighted by Gasteiger charge is -2.35. The average Bonchev–Trinajstić information content (AvgIpc) is 2.65. The fraction of sp³-hybridized carbons (Fsp3) is 0.190. The highest BCUT2D eigenvalue weighted by Gasteiger charge is 2.47. The van der Waals surface area contributed by atoms with Crippen molar-refractivity contribution >= 4 is 46.4 Å². The summed E-state index contributed by atoms with van der Waals surface area (Å²) in [7, 11) is 0. The van der Waals surface area contributed by atoms with Crippen molar-refractivity contribution in [2.75, 3.05) is 6.54 Å². The summed E-state index contributed by atoms with van der Waals surface area (Å²) in [6.07, 6.45) is 0. The van der Waals surface area contributed by atoms with Crippen molar-refractivity contribution in [2.45, 2.75) is 19.3 Å². The van der Waals surface area contributed by atoms with Crippen LogP contribution in [0.5, 0.6) is 0 Å². The van der Waals surface area contributed by atoms with Gasteiger partial charge in [0.1, 0.15) is 17.1 Å². The van der Waals surface area contributed by atoms with Gasteiger partial charge in [-0.1, -0.05) is 41.4 Å². The number of ketones is 2. The Hall–Kier alpha value is -2.63. The Labute approximate surface area is 172 Å². The number of benzene rings is 2. The van der Waals surface area contributed by atoms with Crippen molar-refractivity contribution < 1.29 is 19.5 Å². The first-order chi connectivity index (χ1) is 13.2. The smallest absolute Gasteiger partial charge is 0.259 e. The largest absolute Gasteiger partial charge is 0.506 e. The summed E-state index contributed by atoms with van der Waals surface area (Å²) in [4.78, 5) is 37.3. The lowest BCUT2D eigenvalue weighted by molar-refractivity contribution is -0.126. The van der Waals surface area contributed by atoms with Crippen LogP contribution in [0, 0.1) is 0 Å². The number of Topliss-reactive ketones (excluding diaryl/α,β-unsaturated/α-hetero) is 2. The number of fused-ring (bicyclic) bond motifs is 1. The van der Waals surface area contributed by atoms with Crippen LogP contribution < -0.4 is 5.32 Å². The minimum atomic E-state index is -1.25. The molecule has 0 fully saturated rings. The maximum absolute atomic E-state index is 13.4. The molecular formula is C21H17Cl2NO4. The van der Waals surface area contributed by atoms with E-state index in [-0.39, 0.29) is 17.9 Å². The molecule has 0 saturated carbocycles. The molecule has 5 nitrogen and oxygen atoms in total. The molecule has 0 spiro atoms. The van der Waals surface area contributed by atoms with Gasteiger partial charge >= 0.3 is 0 Å². The first kappa shape index (κ1) is 20.1. The van der Waals surface area contributed by atoms with E-state index >= 15 is 0 Å². The summed E-state index contributed by atoms with van der Waals surface area (Å²) in [6, 6.07) is 11.5. The van der Waals surface area contributed by atoms with Crippen LogP contribution in [0.25, 0.3) is 5.76 Å². The fourth-order valence-electron chi connectivity index (χ4n) is 3.34. The minimum absolute atomic E-state index is 0.247. The lowest BCUT2D eigenvalue weighted by Crippen LogP contribution is -2.44. The predicted molar refractivity (Wildman–Crippen MR) is 108 cm³/mol. The Balaban J connectivity index is 2.23. The second-order valence-corrected chi connectivity index (χ2v) is 7.63. The first-order valence-corrected chi connectivity index (χ1v) is 9.24. The normalized spacial score (nSPS) is 18.6. The Bertz CT molecular complexity index is 1030. The molecule has 0 bridgehead atoms. The van der Waals surface area contributed by atoms with E-state index in [0.29, 0.717) is 21.2 Å².